The number of nitro benzene ring substituents is 1. The van der Waals surface area contributed by atoms with Crippen LogP contribution in [0.15, 0.2) is 95.9 Å². The Morgan fingerprint density at radius 3 is 2.44 bits per heavy atom. The molecule has 0 saturated heterocycles. The largest absolute Gasteiger partial charge is 0.460 e. The predicted molar refractivity (Wildman–Crippen MR) is 153 cm³/mol. The van der Waals surface area contributed by atoms with Gasteiger partial charge in [-0.3, -0.25) is 10.1 Å². The molecule has 212 valence electrons. The number of dihydropyridines is 1. The van der Waals surface area contributed by atoms with Gasteiger partial charge in [0.1, 0.15) is 6.61 Å². The minimum atomic E-state index is -0.915. The summed E-state index contributed by atoms with van der Waals surface area (Å²) in [5, 5.41) is 14.6. The summed E-state index contributed by atoms with van der Waals surface area (Å²) in [5.41, 5.74) is 3.69. The lowest BCUT2D eigenvalue weighted by molar-refractivity contribution is -0.384. The first kappa shape index (κ1) is 29.0. The molecule has 0 amide bonds. The van der Waals surface area contributed by atoms with Gasteiger partial charge in [0.15, 0.2) is 0 Å². The van der Waals surface area contributed by atoms with Gasteiger partial charge in [0.25, 0.3) is 5.69 Å². The lowest BCUT2D eigenvalue weighted by atomic mass is 9.80. The van der Waals surface area contributed by atoms with Crippen molar-refractivity contribution in [2.45, 2.75) is 46.3 Å². The number of imidazole rings is 1. The molecule has 3 aromatic rings. The number of benzene rings is 2. The van der Waals surface area contributed by atoms with Gasteiger partial charge in [-0.05, 0) is 50.5 Å². The summed E-state index contributed by atoms with van der Waals surface area (Å²) in [6.07, 6.45) is 8.58. The topological polar surface area (TPSA) is 126 Å². The lowest BCUT2D eigenvalue weighted by Gasteiger charge is -2.30. The van der Waals surface area contributed by atoms with Crippen molar-refractivity contribution in [2.24, 2.45) is 0 Å². The van der Waals surface area contributed by atoms with Gasteiger partial charge in [-0.1, -0.05) is 42.5 Å². The first-order valence-electron chi connectivity index (χ1n) is 13.2. The second-order valence-corrected chi connectivity index (χ2v) is 9.92. The molecule has 0 spiro atoms. The van der Waals surface area contributed by atoms with Gasteiger partial charge in [0.05, 0.1) is 34.4 Å². The molecule has 0 radical (unpaired) electrons. The molecule has 10 heteroatoms. The van der Waals surface area contributed by atoms with E-state index in [9.17, 15) is 19.7 Å². The summed E-state index contributed by atoms with van der Waals surface area (Å²) in [5.74, 6) is -2.17. The maximum absolute atomic E-state index is 13.4. The van der Waals surface area contributed by atoms with Crippen molar-refractivity contribution in [3.8, 4) is 0 Å². The molecule has 0 bridgehead atoms. The average molecular weight is 557 g/mol. The zero-order chi connectivity index (χ0) is 29.5. The van der Waals surface area contributed by atoms with Crippen LogP contribution in [0.4, 0.5) is 5.69 Å². The van der Waals surface area contributed by atoms with Crippen LogP contribution in [0.3, 0.4) is 0 Å². The summed E-state index contributed by atoms with van der Waals surface area (Å²) < 4.78 is 13.1. The van der Waals surface area contributed by atoms with Crippen molar-refractivity contribution >= 4 is 23.7 Å². The first-order chi connectivity index (χ1) is 19.6. The fourth-order valence-electron chi connectivity index (χ4n) is 4.67. The summed E-state index contributed by atoms with van der Waals surface area (Å²) in [7, 11) is 0. The van der Waals surface area contributed by atoms with E-state index < -0.39 is 28.9 Å². The molecule has 4 rings (SSSR count). The number of carbonyl (C=O) groups excluding carboxylic acids is 2. The van der Waals surface area contributed by atoms with Crippen molar-refractivity contribution in [3.63, 3.8) is 0 Å². The zero-order valence-corrected chi connectivity index (χ0v) is 23.4. The zero-order valence-electron chi connectivity index (χ0n) is 23.4. The highest BCUT2D eigenvalue weighted by Gasteiger charge is 2.38. The number of hydrogen-bond acceptors (Lipinski definition) is 8. The molecular formula is C31H32N4O6. The second-order valence-electron chi connectivity index (χ2n) is 9.92. The number of nitro groups is 1. The predicted octanol–water partition coefficient (Wildman–Crippen LogP) is 5.28. The van der Waals surface area contributed by atoms with Crippen LogP contribution in [0, 0.1) is 10.1 Å². The molecule has 10 nitrogen and oxygen atoms in total. The number of carbonyl (C=O) groups is 2. The minimum absolute atomic E-state index is 0.0114. The summed E-state index contributed by atoms with van der Waals surface area (Å²) in [6, 6.07) is 13.9. The second kappa shape index (κ2) is 12.9. The van der Waals surface area contributed by atoms with Crippen molar-refractivity contribution in [1.29, 1.82) is 0 Å². The smallest absolute Gasteiger partial charge is 0.337 e. The lowest BCUT2D eigenvalue weighted by Crippen LogP contribution is -2.33. The molecule has 1 aliphatic heterocycles. The van der Waals surface area contributed by atoms with Crippen molar-refractivity contribution in [3.05, 3.63) is 123 Å². The minimum Gasteiger partial charge on any atom is -0.460 e. The van der Waals surface area contributed by atoms with Gasteiger partial charge >= 0.3 is 11.9 Å². The number of non-ortho nitro benzene ring substituents is 1. The van der Waals surface area contributed by atoms with Crippen LogP contribution in [0.2, 0.25) is 0 Å². The van der Waals surface area contributed by atoms with E-state index in [1.54, 1.807) is 52.4 Å². The van der Waals surface area contributed by atoms with Crippen LogP contribution in [-0.2, 0) is 25.6 Å². The third-order valence-electron chi connectivity index (χ3n) is 6.48. The van der Waals surface area contributed by atoms with Crippen LogP contribution in [0.25, 0.3) is 6.08 Å². The van der Waals surface area contributed by atoms with E-state index in [2.05, 4.69) is 10.3 Å². The van der Waals surface area contributed by atoms with Gasteiger partial charge < -0.3 is 19.4 Å². The fourth-order valence-corrected chi connectivity index (χ4v) is 4.67. The standard InChI is InChI=1S/C31H32N4O6/c1-20(2)41-31(37)28-22(4)33-21(3)27(29(28)25-8-5-9-26(17-25)35(38)39)30(36)40-16-6-7-23-10-12-24(13-11-23)18-34-15-14-32-19-34/h5-15,17,19-20,29,33H,16,18H2,1-4H3/b7-6+. The van der Waals surface area contributed by atoms with Gasteiger partial charge in [-0.15, -0.1) is 0 Å². The average Bonchev–Trinajstić information content (AvgIpc) is 3.44. The van der Waals surface area contributed by atoms with Crippen molar-refractivity contribution in [1.82, 2.24) is 14.9 Å². The number of nitrogens with zero attached hydrogens (tertiary/aromatic N) is 3. The van der Waals surface area contributed by atoms with Crippen LogP contribution in [0.1, 0.15) is 50.3 Å². The Bertz CT molecular complexity index is 1520. The van der Waals surface area contributed by atoms with E-state index in [4.69, 9.17) is 9.47 Å². The Balaban J connectivity index is 1.53. The van der Waals surface area contributed by atoms with Gasteiger partial charge in [0.2, 0.25) is 0 Å². The molecule has 2 heterocycles. The number of aromatic nitrogens is 2. The summed E-state index contributed by atoms with van der Waals surface area (Å²) in [4.78, 5) is 41.7. The number of nitrogens with one attached hydrogen (secondary N) is 1. The third kappa shape index (κ3) is 7.16. The molecule has 1 unspecified atom stereocenters. The number of hydrogen-bond donors (Lipinski definition) is 1. The molecule has 1 atom stereocenters. The molecular weight excluding hydrogens is 524 g/mol. The molecule has 0 fully saturated rings. The van der Waals surface area contributed by atoms with Crippen LogP contribution in [0.5, 0.6) is 0 Å². The monoisotopic (exact) mass is 556 g/mol. The Morgan fingerprint density at radius 2 is 1.80 bits per heavy atom. The maximum atomic E-state index is 13.4. The van der Waals surface area contributed by atoms with Crippen molar-refractivity contribution in [2.75, 3.05) is 6.61 Å². The van der Waals surface area contributed by atoms with Gasteiger partial charge in [-0.2, -0.15) is 0 Å². The SMILES string of the molecule is CC1=C(C(=O)OC/C=C/c2ccc(Cn3ccnc3)cc2)C(c2cccc([N+](=O)[O-])c2)C(C(=O)OC(C)C)=C(C)N1. The molecule has 2 aromatic carbocycles. The van der Waals surface area contributed by atoms with Gasteiger partial charge in [-0.25, -0.2) is 14.6 Å². The van der Waals surface area contributed by atoms with E-state index in [-0.39, 0.29) is 23.4 Å². The molecule has 1 N–H and O–H groups in total. The quantitative estimate of drug-likeness (QED) is 0.203. The number of allylic oxidation sites excluding steroid dienone is 2. The van der Waals surface area contributed by atoms with Crippen LogP contribution in [-0.4, -0.2) is 39.1 Å². The van der Waals surface area contributed by atoms with E-state index in [1.807, 2.05) is 41.1 Å². The van der Waals surface area contributed by atoms with E-state index >= 15 is 0 Å². The highest BCUT2D eigenvalue weighted by atomic mass is 16.6. The molecule has 1 aromatic heterocycles. The van der Waals surface area contributed by atoms with E-state index in [0.29, 0.717) is 17.0 Å². The molecule has 1 aliphatic rings. The van der Waals surface area contributed by atoms with E-state index in [0.717, 1.165) is 17.7 Å². The number of esters is 2. The van der Waals surface area contributed by atoms with Gasteiger partial charge in [0, 0.05) is 42.5 Å². The third-order valence-corrected chi connectivity index (χ3v) is 6.48. The summed E-state index contributed by atoms with van der Waals surface area (Å²) >= 11 is 0. The first-order valence-corrected chi connectivity index (χ1v) is 13.2. The normalized spacial score (nSPS) is 15.3. The Kier molecular flexibility index (Phi) is 9.13. The Hall–Kier alpha value is -4.99. The maximum Gasteiger partial charge on any atom is 0.337 e. The molecule has 0 saturated carbocycles. The van der Waals surface area contributed by atoms with Crippen LogP contribution < -0.4 is 5.32 Å². The van der Waals surface area contributed by atoms with Crippen LogP contribution >= 0.6 is 0 Å². The summed E-state index contributed by atoms with van der Waals surface area (Å²) in [6.45, 7) is 7.57. The number of ether oxygens (including phenoxy) is 2. The highest BCUT2D eigenvalue weighted by Crippen LogP contribution is 2.40. The molecule has 41 heavy (non-hydrogen) atoms. The van der Waals surface area contributed by atoms with Crippen molar-refractivity contribution < 1.29 is 24.0 Å². The Labute approximate surface area is 238 Å². The highest BCUT2D eigenvalue weighted by molar-refractivity contribution is 6.00. The van der Waals surface area contributed by atoms with E-state index in [1.165, 1.54) is 18.2 Å². The number of rotatable bonds is 10. The Morgan fingerprint density at radius 1 is 1.10 bits per heavy atom. The molecule has 0 aliphatic carbocycles. The fraction of sp³-hybridized carbons (Fsp3) is 0.258.